The molecule has 4 nitrogen and oxygen atoms in total. The van der Waals surface area contributed by atoms with E-state index in [1.165, 1.54) is 10.5 Å². The Morgan fingerprint density at radius 3 is 2.33 bits per heavy atom. The van der Waals surface area contributed by atoms with Gasteiger partial charge in [-0.1, -0.05) is 36.4 Å². The van der Waals surface area contributed by atoms with Gasteiger partial charge in [-0.2, -0.15) is 0 Å². The van der Waals surface area contributed by atoms with Gasteiger partial charge in [-0.3, -0.25) is 9.20 Å². The average Bonchev–Trinajstić information content (AvgIpc) is 2.48. The minimum absolute atomic E-state index is 0. The zero-order valence-corrected chi connectivity index (χ0v) is 11.7. The highest BCUT2D eigenvalue weighted by atomic mass is 35.5. The topological polar surface area (TPSA) is 58.8 Å². The van der Waals surface area contributed by atoms with E-state index in [1.807, 2.05) is 36.4 Å². The summed E-state index contributed by atoms with van der Waals surface area (Å²) in [6.45, 7) is 0. The summed E-state index contributed by atoms with van der Waals surface area (Å²) in [5.41, 5.74) is 1.54. The number of carboxylic acid groups (broad SMARTS) is 1. The highest BCUT2D eigenvalue weighted by Crippen LogP contribution is 2.24. The number of benzene rings is 1. The van der Waals surface area contributed by atoms with Crippen LogP contribution in [0.1, 0.15) is 10.4 Å². The van der Waals surface area contributed by atoms with Crippen molar-refractivity contribution in [2.75, 3.05) is 0 Å². The Balaban J connectivity index is 0.00000161. The van der Waals surface area contributed by atoms with Crippen molar-refractivity contribution in [3.8, 4) is 11.1 Å². The minimum atomic E-state index is -1.22. The Morgan fingerprint density at radius 1 is 1.00 bits per heavy atom. The van der Waals surface area contributed by atoms with E-state index in [9.17, 15) is 14.7 Å². The Labute approximate surface area is 126 Å². The third-order valence-electron chi connectivity index (χ3n) is 3.19. The first-order valence-corrected chi connectivity index (χ1v) is 6.11. The Morgan fingerprint density at radius 2 is 1.67 bits per heavy atom. The number of carboxylic acids is 1. The second-order valence-corrected chi connectivity index (χ2v) is 4.40. The normalized spacial score (nSPS) is 10.1. The second kappa shape index (κ2) is 5.81. The molecule has 3 rings (SSSR count). The van der Waals surface area contributed by atoms with Crippen LogP contribution in [-0.4, -0.2) is 15.5 Å². The van der Waals surface area contributed by atoms with E-state index in [-0.39, 0.29) is 18.0 Å². The number of pyridine rings is 2. The van der Waals surface area contributed by atoms with Crippen LogP contribution in [0, 0.1) is 0 Å². The van der Waals surface area contributed by atoms with Crippen LogP contribution >= 0.6 is 12.4 Å². The molecule has 0 bridgehead atoms. The van der Waals surface area contributed by atoms with Crippen molar-refractivity contribution in [2.45, 2.75) is 0 Å². The van der Waals surface area contributed by atoms with Gasteiger partial charge in [0.15, 0.2) is 0 Å². The lowest BCUT2D eigenvalue weighted by atomic mass is 10.0. The van der Waals surface area contributed by atoms with Crippen LogP contribution < -0.4 is 5.56 Å². The lowest BCUT2D eigenvalue weighted by Gasteiger charge is -2.09. The first-order chi connectivity index (χ1) is 9.68. The molecule has 0 aliphatic carbocycles. The minimum Gasteiger partial charge on any atom is -0.477 e. The van der Waals surface area contributed by atoms with Crippen molar-refractivity contribution in [1.82, 2.24) is 4.40 Å². The van der Waals surface area contributed by atoms with Crippen LogP contribution in [-0.2, 0) is 0 Å². The molecule has 0 aliphatic heterocycles. The zero-order chi connectivity index (χ0) is 14.1. The van der Waals surface area contributed by atoms with Crippen LogP contribution in [0.5, 0.6) is 0 Å². The van der Waals surface area contributed by atoms with E-state index < -0.39 is 11.5 Å². The number of halogens is 1. The third-order valence-corrected chi connectivity index (χ3v) is 3.19. The number of fused-ring (bicyclic) bond motifs is 1. The van der Waals surface area contributed by atoms with Gasteiger partial charge in [-0.05, 0) is 23.8 Å². The molecular formula is C16H12ClNO3. The molecule has 1 aromatic carbocycles. The molecule has 2 heterocycles. The predicted molar refractivity (Wildman–Crippen MR) is 83.3 cm³/mol. The van der Waals surface area contributed by atoms with Crippen molar-refractivity contribution in [1.29, 1.82) is 0 Å². The maximum atomic E-state index is 12.1. The first-order valence-electron chi connectivity index (χ1n) is 6.11. The molecule has 1 N–H and O–H groups in total. The van der Waals surface area contributed by atoms with Crippen molar-refractivity contribution >= 4 is 23.9 Å². The summed E-state index contributed by atoms with van der Waals surface area (Å²) in [6.07, 6.45) is 1.58. The van der Waals surface area contributed by atoms with Crippen molar-refractivity contribution in [3.63, 3.8) is 0 Å². The summed E-state index contributed by atoms with van der Waals surface area (Å²) >= 11 is 0. The number of nitrogens with zero attached hydrogens (tertiary/aromatic N) is 1. The molecule has 2 aromatic heterocycles. The quantitative estimate of drug-likeness (QED) is 0.791. The molecule has 0 saturated heterocycles. The molecule has 21 heavy (non-hydrogen) atoms. The van der Waals surface area contributed by atoms with E-state index in [2.05, 4.69) is 0 Å². The Kier molecular flexibility index (Phi) is 4.10. The number of carbonyl (C=O) groups is 1. The molecule has 0 unspecified atom stereocenters. The van der Waals surface area contributed by atoms with E-state index >= 15 is 0 Å². The maximum Gasteiger partial charge on any atom is 0.341 e. The highest BCUT2D eigenvalue weighted by molar-refractivity contribution is 5.92. The number of aromatic nitrogens is 1. The van der Waals surface area contributed by atoms with E-state index in [4.69, 9.17) is 0 Å². The van der Waals surface area contributed by atoms with Gasteiger partial charge in [-0.25, -0.2) is 4.79 Å². The summed E-state index contributed by atoms with van der Waals surface area (Å²) < 4.78 is 1.37. The molecule has 106 valence electrons. The summed E-state index contributed by atoms with van der Waals surface area (Å²) in [5, 5.41) is 9.18. The molecule has 0 amide bonds. The van der Waals surface area contributed by atoms with E-state index in [1.54, 1.807) is 18.3 Å². The fourth-order valence-electron chi connectivity index (χ4n) is 2.25. The fraction of sp³-hybridized carbons (Fsp3) is 0. The van der Waals surface area contributed by atoms with Gasteiger partial charge in [0.2, 0.25) is 0 Å². The highest BCUT2D eigenvalue weighted by Gasteiger charge is 2.15. The molecule has 5 heteroatoms. The molecule has 0 saturated carbocycles. The van der Waals surface area contributed by atoms with Crippen LogP contribution in [0.4, 0.5) is 0 Å². The van der Waals surface area contributed by atoms with Crippen molar-refractivity contribution in [3.05, 3.63) is 76.7 Å². The van der Waals surface area contributed by atoms with Crippen molar-refractivity contribution < 1.29 is 9.90 Å². The largest absolute Gasteiger partial charge is 0.477 e. The van der Waals surface area contributed by atoms with Crippen LogP contribution in [0.2, 0.25) is 0 Å². The third kappa shape index (κ3) is 2.53. The first kappa shape index (κ1) is 14.8. The van der Waals surface area contributed by atoms with E-state index in [0.717, 1.165) is 11.1 Å². The van der Waals surface area contributed by atoms with Gasteiger partial charge in [0.05, 0.1) is 5.52 Å². The summed E-state index contributed by atoms with van der Waals surface area (Å²) in [7, 11) is 0. The van der Waals surface area contributed by atoms with Crippen LogP contribution in [0.3, 0.4) is 0 Å². The summed E-state index contributed by atoms with van der Waals surface area (Å²) in [6, 6.07) is 16.2. The monoisotopic (exact) mass is 301 g/mol. The van der Waals surface area contributed by atoms with Crippen LogP contribution in [0.25, 0.3) is 16.6 Å². The number of hydrogen-bond donors (Lipinski definition) is 1. The molecule has 0 spiro atoms. The molecule has 0 radical (unpaired) electrons. The van der Waals surface area contributed by atoms with E-state index in [0.29, 0.717) is 5.52 Å². The molecule has 3 aromatic rings. The summed E-state index contributed by atoms with van der Waals surface area (Å²) in [5.74, 6) is -1.22. The van der Waals surface area contributed by atoms with Crippen LogP contribution in [0.15, 0.2) is 65.6 Å². The van der Waals surface area contributed by atoms with Gasteiger partial charge in [0.1, 0.15) is 5.56 Å². The number of hydrogen-bond acceptors (Lipinski definition) is 2. The van der Waals surface area contributed by atoms with Gasteiger partial charge in [0.25, 0.3) is 5.56 Å². The van der Waals surface area contributed by atoms with Gasteiger partial charge in [0, 0.05) is 11.8 Å². The molecule has 0 fully saturated rings. The summed E-state index contributed by atoms with van der Waals surface area (Å²) in [4.78, 5) is 23.4. The maximum absolute atomic E-state index is 12.1. The lowest BCUT2D eigenvalue weighted by molar-refractivity contribution is 0.0695. The van der Waals surface area contributed by atoms with Gasteiger partial charge >= 0.3 is 5.97 Å². The SMILES string of the molecule is Cl.O=C(O)c1cc(-c2ccccc2)c2ccccn2c1=O. The predicted octanol–water partition coefficient (Wildman–Crippen LogP) is 3.09. The smallest absolute Gasteiger partial charge is 0.341 e. The Hall–Kier alpha value is -2.59. The number of aromatic carboxylic acids is 1. The average molecular weight is 302 g/mol. The number of rotatable bonds is 2. The lowest BCUT2D eigenvalue weighted by Crippen LogP contribution is -2.22. The van der Waals surface area contributed by atoms with Crippen molar-refractivity contribution in [2.24, 2.45) is 0 Å². The zero-order valence-electron chi connectivity index (χ0n) is 10.9. The van der Waals surface area contributed by atoms with Gasteiger partial charge < -0.3 is 5.11 Å². The molecule has 0 atom stereocenters. The molecular weight excluding hydrogens is 290 g/mol. The standard InChI is InChI=1S/C16H11NO3.ClH/c18-15-13(16(19)20)10-12(11-6-2-1-3-7-11)14-8-4-5-9-17(14)15;/h1-10H,(H,19,20);1H. The van der Waals surface area contributed by atoms with Gasteiger partial charge in [-0.15, -0.1) is 12.4 Å². The Bertz CT molecular complexity index is 856. The second-order valence-electron chi connectivity index (χ2n) is 4.40. The fourth-order valence-corrected chi connectivity index (χ4v) is 2.25. The molecule has 0 aliphatic rings.